The molecule has 0 saturated carbocycles. The highest BCUT2D eigenvalue weighted by molar-refractivity contribution is 6.45. The van der Waals surface area contributed by atoms with Gasteiger partial charge in [-0.3, -0.25) is 0 Å². The van der Waals surface area contributed by atoms with Crippen molar-refractivity contribution >= 4 is 40.1 Å². The number of carboxylic acid groups (broad SMARTS) is 1. The van der Waals surface area contributed by atoms with Crippen molar-refractivity contribution in [3.05, 3.63) is 51.7 Å². The molecule has 0 fully saturated rings. The van der Waals surface area contributed by atoms with Gasteiger partial charge < -0.3 is 9.52 Å². The second kappa shape index (κ2) is 5.06. The molecule has 0 bridgehead atoms. The third-order valence-corrected chi connectivity index (χ3v) is 3.89. The third-order valence-electron chi connectivity index (χ3n) is 3.10. The average Bonchev–Trinajstić information content (AvgIpc) is 2.88. The lowest BCUT2D eigenvalue weighted by Crippen LogP contribution is -2.00. The van der Waals surface area contributed by atoms with Crippen molar-refractivity contribution in [3.63, 3.8) is 0 Å². The van der Waals surface area contributed by atoms with Crippen LogP contribution in [-0.2, 0) is 0 Å². The largest absolute Gasteiger partial charge is 0.478 e. The van der Waals surface area contributed by atoms with Gasteiger partial charge in [0.05, 0.1) is 21.1 Å². The van der Waals surface area contributed by atoms with E-state index in [4.69, 9.17) is 27.6 Å². The highest BCUT2D eigenvalue weighted by atomic mass is 35.5. The predicted molar refractivity (Wildman–Crippen MR) is 81.2 cm³/mol. The van der Waals surface area contributed by atoms with E-state index in [1.165, 1.54) is 6.07 Å². The van der Waals surface area contributed by atoms with Gasteiger partial charge in [-0.25, -0.2) is 9.78 Å². The van der Waals surface area contributed by atoms with E-state index in [9.17, 15) is 9.90 Å². The first-order valence-corrected chi connectivity index (χ1v) is 6.82. The van der Waals surface area contributed by atoms with Gasteiger partial charge in [-0.15, -0.1) is 0 Å². The molecule has 21 heavy (non-hydrogen) atoms. The summed E-state index contributed by atoms with van der Waals surface area (Å²) in [6, 6.07) is 8.12. The van der Waals surface area contributed by atoms with Crippen LogP contribution >= 0.6 is 23.2 Å². The Hall–Kier alpha value is -2.04. The molecule has 0 saturated heterocycles. The van der Waals surface area contributed by atoms with Crippen LogP contribution in [0.15, 0.2) is 34.7 Å². The number of rotatable bonds is 2. The van der Waals surface area contributed by atoms with Gasteiger partial charge in [-0.05, 0) is 31.2 Å². The molecule has 2 heterocycles. The zero-order valence-electron chi connectivity index (χ0n) is 10.9. The molecule has 2 aromatic heterocycles. The molecule has 0 aliphatic rings. The van der Waals surface area contributed by atoms with Crippen molar-refractivity contribution in [2.24, 2.45) is 0 Å². The van der Waals surface area contributed by atoms with Crippen LogP contribution in [0, 0.1) is 6.92 Å². The molecule has 106 valence electrons. The summed E-state index contributed by atoms with van der Waals surface area (Å²) in [5, 5.41) is 10.4. The van der Waals surface area contributed by atoms with Gasteiger partial charge in [0.2, 0.25) is 0 Å². The second-order valence-electron chi connectivity index (χ2n) is 4.53. The standard InChI is InChI=1S/C15H9Cl2NO3/c1-7-2-5-12(21-7)11-6-9(15(19)20)8-3-4-10(16)13(17)14(8)18-11/h2-6H,1H3,(H,19,20). The molecule has 0 radical (unpaired) electrons. The summed E-state index contributed by atoms with van der Waals surface area (Å²) in [6.07, 6.45) is 0. The molecule has 6 heteroatoms. The molecule has 0 unspecified atom stereocenters. The zero-order valence-corrected chi connectivity index (χ0v) is 12.4. The summed E-state index contributed by atoms with van der Waals surface area (Å²) in [6.45, 7) is 1.80. The van der Waals surface area contributed by atoms with Crippen molar-refractivity contribution in [1.29, 1.82) is 0 Å². The van der Waals surface area contributed by atoms with Gasteiger partial charge in [0.25, 0.3) is 0 Å². The minimum absolute atomic E-state index is 0.0996. The van der Waals surface area contributed by atoms with Gasteiger partial charge >= 0.3 is 5.97 Å². The number of hydrogen-bond acceptors (Lipinski definition) is 3. The number of carboxylic acids is 1. The third kappa shape index (κ3) is 2.37. The minimum atomic E-state index is -1.06. The number of aryl methyl sites for hydroxylation is 1. The van der Waals surface area contributed by atoms with Crippen LogP contribution in [0.3, 0.4) is 0 Å². The van der Waals surface area contributed by atoms with Crippen molar-refractivity contribution in [3.8, 4) is 11.5 Å². The van der Waals surface area contributed by atoms with Gasteiger partial charge in [0, 0.05) is 5.39 Å². The highest BCUT2D eigenvalue weighted by Gasteiger charge is 2.17. The fourth-order valence-electron chi connectivity index (χ4n) is 2.11. The molecular weight excluding hydrogens is 313 g/mol. The van der Waals surface area contributed by atoms with E-state index in [0.717, 1.165) is 0 Å². The first-order valence-electron chi connectivity index (χ1n) is 6.06. The molecule has 0 atom stereocenters. The Labute approximate surface area is 129 Å². The van der Waals surface area contributed by atoms with Crippen LogP contribution in [0.5, 0.6) is 0 Å². The number of pyridine rings is 1. The lowest BCUT2D eigenvalue weighted by molar-refractivity contribution is 0.0699. The maximum Gasteiger partial charge on any atom is 0.336 e. The molecule has 1 N–H and O–H groups in total. The van der Waals surface area contributed by atoms with Crippen molar-refractivity contribution in [1.82, 2.24) is 4.98 Å². The molecule has 0 spiro atoms. The van der Waals surface area contributed by atoms with Crippen LogP contribution < -0.4 is 0 Å². The van der Waals surface area contributed by atoms with E-state index in [0.29, 0.717) is 33.1 Å². The minimum Gasteiger partial charge on any atom is -0.478 e. The van der Waals surface area contributed by atoms with E-state index in [1.54, 1.807) is 31.2 Å². The van der Waals surface area contributed by atoms with Crippen molar-refractivity contribution in [2.75, 3.05) is 0 Å². The summed E-state index contributed by atoms with van der Waals surface area (Å²) in [5.74, 6) is 0.124. The molecule has 0 aliphatic heterocycles. The lowest BCUT2D eigenvalue weighted by Gasteiger charge is -2.07. The van der Waals surface area contributed by atoms with E-state index in [2.05, 4.69) is 4.98 Å². The summed E-state index contributed by atoms with van der Waals surface area (Å²) in [5.41, 5.74) is 0.841. The number of nitrogens with zero attached hydrogens (tertiary/aromatic N) is 1. The zero-order chi connectivity index (χ0) is 15.1. The van der Waals surface area contributed by atoms with E-state index >= 15 is 0 Å². The van der Waals surface area contributed by atoms with Crippen LogP contribution in [0.4, 0.5) is 0 Å². The Kier molecular flexibility index (Phi) is 3.35. The van der Waals surface area contributed by atoms with Crippen LogP contribution in [0.2, 0.25) is 10.0 Å². The molecule has 1 aromatic carbocycles. The maximum absolute atomic E-state index is 11.5. The molecular formula is C15H9Cl2NO3. The van der Waals surface area contributed by atoms with Gasteiger partial charge in [-0.1, -0.05) is 29.3 Å². The molecule has 3 rings (SSSR count). The van der Waals surface area contributed by atoms with Gasteiger partial charge in [-0.2, -0.15) is 0 Å². The highest BCUT2D eigenvalue weighted by Crippen LogP contribution is 2.33. The average molecular weight is 322 g/mol. The smallest absolute Gasteiger partial charge is 0.336 e. The van der Waals surface area contributed by atoms with Crippen LogP contribution in [0.1, 0.15) is 16.1 Å². The van der Waals surface area contributed by atoms with Crippen molar-refractivity contribution in [2.45, 2.75) is 6.92 Å². The molecule has 4 nitrogen and oxygen atoms in total. The maximum atomic E-state index is 11.5. The number of furan rings is 1. The number of aromatic carboxylic acids is 1. The fraction of sp³-hybridized carbons (Fsp3) is 0.0667. The number of aromatic nitrogens is 1. The Morgan fingerprint density at radius 3 is 2.62 bits per heavy atom. The van der Waals surface area contributed by atoms with Crippen LogP contribution in [-0.4, -0.2) is 16.1 Å². The van der Waals surface area contributed by atoms with E-state index in [1.807, 2.05) is 0 Å². The molecule has 3 aromatic rings. The van der Waals surface area contributed by atoms with E-state index < -0.39 is 5.97 Å². The number of halogens is 2. The lowest BCUT2D eigenvalue weighted by atomic mass is 10.1. The van der Waals surface area contributed by atoms with Crippen LogP contribution in [0.25, 0.3) is 22.4 Å². The van der Waals surface area contributed by atoms with Gasteiger partial charge in [0.1, 0.15) is 11.5 Å². The molecule has 0 aliphatic carbocycles. The topological polar surface area (TPSA) is 63.3 Å². The SMILES string of the molecule is Cc1ccc(-c2cc(C(=O)O)c3ccc(Cl)c(Cl)c3n2)o1. The fourth-order valence-corrected chi connectivity index (χ4v) is 2.47. The first kappa shape index (κ1) is 13.9. The number of fused-ring (bicyclic) bond motifs is 1. The first-order chi connectivity index (χ1) is 9.97. The van der Waals surface area contributed by atoms with Crippen molar-refractivity contribution < 1.29 is 14.3 Å². The molecule has 0 amide bonds. The summed E-state index contributed by atoms with van der Waals surface area (Å²) in [7, 11) is 0. The Balaban J connectivity index is 2.38. The Morgan fingerprint density at radius 2 is 2.00 bits per heavy atom. The Bertz CT molecular complexity index is 871. The predicted octanol–water partition coefficient (Wildman–Crippen LogP) is 4.81. The van der Waals surface area contributed by atoms with Gasteiger partial charge in [0.15, 0.2) is 5.76 Å². The second-order valence-corrected chi connectivity index (χ2v) is 5.31. The Morgan fingerprint density at radius 1 is 1.24 bits per heavy atom. The summed E-state index contributed by atoms with van der Waals surface area (Å²) < 4.78 is 5.49. The monoisotopic (exact) mass is 321 g/mol. The number of hydrogen-bond donors (Lipinski definition) is 1. The number of benzene rings is 1. The normalized spacial score (nSPS) is 11.0. The van der Waals surface area contributed by atoms with E-state index in [-0.39, 0.29) is 10.6 Å². The quantitative estimate of drug-likeness (QED) is 0.735. The number of carbonyl (C=O) groups is 1. The summed E-state index contributed by atoms with van der Waals surface area (Å²) in [4.78, 5) is 15.9. The summed E-state index contributed by atoms with van der Waals surface area (Å²) >= 11 is 12.1.